The van der Waals surface area contributed by atoms with Crippen molar-refractivity contribution in [1.82, 2.24) is 10.2 Å². The van der Waals surface area contributed by atoms with E-state index in [1.54, 1.807) is 30.1 Å². The number of nitrogens with zero attached hydrogens (tertiary/aromatic N) is 1. The third kappa shape index (κ3) is 2.83. The molecule has 6 heteroatoms. The number of carbonyl (C=O) groups is 2. The summed E-state index contributed by atoms with van der Waals surface area (Å²) in [6.45, 7) is 2.87. The summed E-state index contributed by atoms with van der Waals surface area (Å²) in [5.74, 6) is -0.134. The molecule has 108 valence electrons. The SMILES string of the molecule is CNC(=O)C1(C)CCN(C(=O)c2cc(Cl)ccc2Br)C1. The minimum atomic E-state index is -0.518. The molecule has 1 aliphatic heterocycles. The number of carbonyl (C=O) groups excluding carboxylic acids is 2. The van der Waals surface area contributed by atoms with Crippen LogP contribution in [-0.2, 0) is 4.79 Å². The van der Waals surface area contributed by atoms with E-state index in [4.69, 9.17) is 11.6 Å². The standard InChI is InChI=1S/C14H16BrClN2O2/c1-14(13(20)17-2)5-6-18(8-14)12(19)10-7-9(16)3-4-11(10)15/h3-4,7H,5-6,8H2,1-2H3,(H,17,20). The zero-order chi connectivity index (χ0) is 14.9. The number of nitrogens with one attached hydrogen (secondary N) is 1. The summed E-state index contributed by atoms with van der Waals surface area (Å²) in [5.41, 5.74) is 0.00814. The van der Waals surface area contributed by atoms with Crippen molar-refractivity contribution in [1.29, 1.82) is 0 Å². The van der Waals surface area contributed by atoms with E-state index < -0.39 is 5.41 Å². The summed E-state index contributed by atoms with van der Waals surface area (Å²) in [6.07, 6.45) is 0.663. The predicted octanol–water partition coefficient (Wildman–Crippen LogP) is 2.70. The summed E-state index contributed by atoms with van der Waals surface area (Å²) >= 11 is 9.30. The lowest BCUT2D eigenvalue weighted by molar-refractivity contribution is -0.128. The van der Waals surface area contributed by atoms with Crippen molar-refractivity contribution in [2.24, 2.45) is 5.41 Å². The van der Waals surface area contributed by atoms with Crippen LogP contribution in [0.5, 0.6) is 0 Å². The maximum atomic E-state index is 12.5. The van der Waals surface area contributed by atoms with Crippen molar-refractivity contribution < 1.29 is 9.59 Å². The van der Waals surface area contributed by atoms with Crippen LogP contribution in [0.1, 0.15) is 23.7 Å². The van der Waals surface area contributed by atoms with Crippen LogP contribution in [0.25, 0.3) is 0 Å². The van der Waals surface area contributed by atoms with Crippen molar-refractivity contribution in [3.63, 3.8) is 0 Å². The Labute approximate surface area is 131 Å². The molecule has 1 fully saturated rings. The van der Waals surface area contributed by atoms with Crippen molar-refractivity contribution in [2.75, 3.05) is 20.1 Å². The number of hydrogen-bond donors (Lipinski definition) is 1. The largest absolute Gasteiger partial charge is 0.359 e. The lowest BCUT2D eigenvalue weighted by Crippen LogP contribution is -2.40. The zero-order valence-corrected chi connectivity index (χ0v) is 13.7. The molecule has 0 aliphatic carbocycles. The first-order valence-corrected chi connectivity index (χ1v) is 7.51. The zero-order valence-electron chi connectivity index (χ0n) is 11.4. The Morgan fingerprint density at radius 3 is 2.80 bits per heavy atom. The fourth-order valence-electron chi connectivity index (χ4n) is 2.45. The van der Waals surface area contributed by atoms with E-state index in [1.165, 1.54) is 0 Å². The van der Waals surface area contributed by atoms with Gasteiger partial charge in [-0.3, -0.25) is 9.59 Å². The van der Waals surface area contributed by atoms with Crippen LogP contribution in [0, 0.1) is 5.41 Å². The molecule has 0 saturated carbocycles. The second-order valence-corrected chi connectivity index (χ2v) is 6.53. The third-order valence-corrected chi connectivity index (χ3v) is 4.62. The van der Waals surface area contributed by atoms with Gasteiger partial charge in [-0.15, -0.1) is 0 Å². The molecule has 20 heavy (non-hydrogen) atoms. The average Bonchev–Trinajstić information content (AvgIpc) is 2.83. The van der Waals surface area contributed by atoms with Gasteiger partial charge in [0.15, 0.2) is 0 Å². The van der Waals surface area contributed by atoms with Crippen molar-refractivity contribution >= 4 is 39.3 Å². The van der Waals surface area contributed by atoms with Crippen molar-refractivity contribution in [2.45, 2.75) is 13.3 Å². The van der Waals surface area contributed by atoms with E-state index in [0.717, 1.165) is 0 Å². The molecule has 1 heterocycles. The highest BCUT2D eigenvalue weighted by atomic mass is 79.9. The Hall–Kier alpha value is -1.07. The molecule has 1 unspecified atom stereocenters. The van der Waals surface area contributed by atoms with Crippen LogP contribution in [-0.4, -0.2) is 36.9 Å². The number of amides is 2. The number of halogens is 2. The normalized spacial score (nSPS) is 21.9. The second kappa shape index (κ2) is 5.74. The summed E-state index contributed by atoms with van der Waals surface area (Å²) in [6, 6.07) is 5.12. The van der Waals surface area contributed by atoms with Gasteiger partial charge in [0.05, 0.1) is 11.0 Å². The Morgan fingerprint density at radius 2 is 2.15 bits per heavy atom. The molecule has 1 aliphatic rings. The maximum absolute atomic E-state index is 12.5. The van der Waals surface area contributed by atoms with E-state index in [0.29, 0.717) is 34.6 Å². The fourth-order valence-corrected chi connectivity index (χ4v) is 3.04. The van der Waals surface area contributed by atoms with Gasteiger partial charge in [0, 0.05) is 29.6 Å². The van der Waals surface area contributed by atoms with Gasteiger partial charge in [0.25, 0.3) is 5.91 Å². The topological polar surface area (TPSA) is 49.4 Å². The van der Waals surface area contributed by atoms with Gasteiger partial charge >= 0.3 is 0 Å². The summed E-state index contributed by atoms with van der Waals surface area (Å²) in [4.78, 5) is 26.1. The van der Waals surface area contributed by atoms with Gasteiger partial charge in [-0.25, -0.2) is 0 Å². The molecule has 1 atom stereocenters. The molecule has 1 saturated heterocycles. The van der Waals surface area contributed by atoms with Crippen LogP contribution >= 0.6 is 27.5 Å². The molecular formula is C14H16BrClN2O2. The highest BCUT2D eigenvalue weighted by Gasteiger charge is 2.41. The molecule has 1 aromatic carbocycles. The van der Waals surface area contributed by atoms with Crippen molar-refractivity contribution in [3.8, 4) is 0 Å². The van der Waals surface area contributed by atoms with Crippen LogP contribution in [0.2, 0.25) is 5.02 Å². The third-order valence-electron chi connectivity index (χ3n) is 3.69. The minimum Gasteiger partial charge on any atom is -0.359 e. The minimum absolute atomic E-state index is 0.0297. The predicted molar refractivity (Wildman–Crippen MR) is 81.8 cm³/mol. The highest BCUT2D eigenvalue weighted by Crippen LogP contribution is 2.32. The van der Waals surface area contributed by atoms with Gasteiger partial charge in [-0.2, -0.15) is 0 Å². The maximum Gasteiger partial charge on any atom is 0.255 e. The Kier molecular flexibility index (Phi) is 4.39. The summed E-state index contributed by atoms with van der Waals surface area (Å²) in [5, 5.41) is 3.18. The van der Waals surface area contributed by atoms with Crippen molar-refractivity contribution in [3.05, 3.63) is 33.3 Å². The smallest absolute Gasteiger partial charge is 0.255 e. The lowest BCUT2D eigenvalue weighted by atomic mass is 9.89. The second-order valence-electron chi connectivity index (χ2n) is 5.24. The van der Waals surface area contributed by atoms with E-state index >= 15 is 0 Å². The number of rotatable bonds is 2. The van der Waals surface area contributed by atoms with Gasteiger partial charge in [-0.1, -0.05) is 11.6 Å². The molecule has 2 amide bonds. The van der Waals surface area contributed by atoms with Crippen LogP contribution in [0.3, 0.4) is 0 Å². The van der Waals surface area contributed by atoms with E-state index in [9.17, 15) is 9.59 Å². The van der Waals surface area contributed by atoms with Gasteiger partial charge in [0.1, 0.15) is 0 Å². The molecule has 4 nitrogen and oxygen atoms in total. The van der Waals surface area contributed by atoms with E-state index in [2.05, 4.69) is 21.2 Å². The Balaban J connectivity index is 2.20. The first kappa shape index (κ1) is 15.3. The van der Waals surface area contributed by atoms with Gasteiger partial charge in [-0.05, 0) is 47.5 Å². The molecular weight excluding hydrogens is 344 g/mol. The Bertz CT molecular complexity index is 564. The number of likely N-dealkylation sites (tertiary alicyclic amines) is 1. The van der Waals surface area contributed by atoms with Gasteiger partial charge < -0.3 is 10.2 Å². The number of benzene rings is 1. The quantitative estimate of drug-likeness (QED) is 0.882. The molecule has 0 spiro atoms. The molecule has 0 bridgehead atoms. The van der Waals surface area contributed by atoms with Gasteiger partial charge in [0.2, 0.25) is 5.91 Å². The average molecular weight is 360 g/mol. The molecule has 1 N–H and O–H groups in total. The molecule has 2 rings (SSSR count). The molecule has 0 aromatic heterocycles. The monoisotopic (exact) mass is 358 g/mol. The highest BCUT2D eigenvalue weighted by molar-refractivity contribution is 9.10. The van der Waals surface area contributed by atoms with E-state index in [-0.39, 0.29) is 11.8 Å². The summed E-state index contributed by atoms with van der Waals surface area (Å²) in [7, 11) is 1.62. The molecule has 0 radical (unpaired) electrons. The first-order chi connectivity index (χ1) is 9.37. The summed E-state index contributed by atoms with van der Waals surface area (Å²) < 4.78 is 0.709. The first-order valence-electron chi connectivity index (χ1n) is 6.34. The van der Waals surface area contributed by atoms with Crippen LogP contribution in [0.15, 0.2) is 22.7 Å². The van der Waals surface area contributed by atoms with Crippen LogP contribution in [0.4, 0.5) is 0 Å². The fraction of sp³-hybridized carbons (Fsp3) is 0.429. The number of hydrogen-bond acceptors (Lipinski definition) is 2. The Morgan fingerprint density at radius 1 is 1.45 bits per heavy atom. The van der Waals surface area contributed by atoms with Crippen LogP contribution < -0.4 is 5.32 Å². The lowest BCUT2D eigenvalue weighted by Gasteiger charge is -2.23. The molecule has 1 aromatic rings. The van der Waals surface area contributed by atoms with E-state index in [1.807, 2.05) is 6.92 Å².